The molecule has 0 fully saturated rings. The van der Waals surface area contributed by atoms with Crippen LogP contribution >= 0.6 is 0 Å². The second kappa shape index (κ2) is 9.39. The molecule has 0 amide bonds. The van der Waals surface area contributed by atoms with Gasteiger partial charge in [-0.3, -0.25) is 0 Å². The molecule has 0 saturated heterocycles. The Labute approximate surface area is 166 Å². The predicted octanol–water partition coefficient (Wildman–Crippen LogP) is 6.07. The number of aryl methyl sites for hydroxylation is 1. The van der Waals surface area contributed by atoms with Gasteiger partial charge in [-0.15, -0.1) is 0 Å². The van der Waals surface area contributed by atoms with Gasteiger partial charge in [0.05, 0.1) is 5.56 Å². The van der Waals surface area contributed by atoms with Gasteiger partial charge in [0, 0.05) is 5.56 Å². The highest BCUT2D eigenvalue weighted by molar-refractivity contribution is 5.87. The van der Waals surface area contributed by atoms with E-state index in [4.69, 9.17) is 5.11 Å². The fourth-order valence-electron chi connectivity index (χ4n) is 3.00. The number of hydrogen-bond donors (Lipinski definition) is 1. The molecule has 0 saturated carbocycles. The molecular formula is C26H22O2. The summed E-state index contributed by atoms with van der Waals surface area (Å²) in [5.41, 5.74) is 5.89. The Morgan fingerprint density at radius 1 is 0.964 bits per heavy atom. The molecular weight excluding hydrogens is 344 g/mol. The molecule has 0 aliphatic carbocycles. The molecule has 0 aliphatic rings. The molecule has 2 heteroatoms. The first-order valence-corrected chi connectivity index (χ1v) is 9.37. The smallest absolute Gasteiger partial charge is 0.335 e. The van der Waals surface area contributed by atoms with E-state index in [0.717, 1.165) is 24.0 Å². The van der Waals surface area contributed by atoms with E-state index >= 15 is 0 Å². The molecule has 0 aromatic heterocycles. The normalized spacial score (nSPS) is 10.5. The Morgan fingerprint density at radius 2 is 1.68 bits per heavy atom. The molecule has 0 spiro atoms. The molecule has 28 heavy (non-hydrogen) atoms. The zero-order chi connectivity index (χ0) is 19.8. The van der Waals surface area contributed by atoms with Crippen molar-refractivity contribution < 1.29 is 9.90 Å². The standard InChI is InChI=1S/C26H22O2/c1-2-7-20-12-16-23(17-13-20)25-11-6-5-10-22(25)9-4-3-8-21-14-18-24(19-15-21)26(27)28/h4-6,9-19H,2,7H2,1H3,(H,27,28). The number of aromatic carboxylic acids is 1. The molecule has 2 nitrogen and oxygen atoms in total. The topological polar surface area (TPSA) is 37.3 Å². The lowest BCUT2D eigenvalue weighted by atomic mass is 9.97. The number of benzene rings is 3. The number of carbonyl (C=O) groups is 1. The average Bonchev–Trinajstić information content (AvgIpc) is 2.73. The minimum Gasteiger partial charge on any atom is -0.478 e. The molecule has 0 atom stereocenters. The minimum atomic E-state index is -0.932. The van der Waals surface area contributed by atoms with Crippen LogP contribution in [0.2, 0.25) is 0 Å². The maximum Gasteiger partial charge on any atom is 0.335 e. The van der Waals surface area contributed by atoms with Crippen LogP contribution in [0.4, 0.5) is 0 Å². The van der Waals surface area contributed by atoms with E-state index < -0.39 is 5.97 Å². The highest BCUT2D eigenvalue weighted by Crippen LogP contribution is 2.25. The van der Waals surface area contributed by atoms with Crippen LogP contribution in [0.15, 0.2) is 78.9 Å². The van der Waals surface area contributed by atoms with Crippen LogP contribution in [0, 0.1) is 11.8 Å². The first kappa shape index (κ1) is 19.2. The second-order valence-electron chi connectivity index (χ2n) is 6.52. The molecule has 0 heterocycles. The number of hydrogen-bond acceptors (Lipinski definition) is 1. The highest BCUT2D eigenvalue weighted by atomic mass is 16.4. The van der Waals surface area contributed by atoms with Gasteiger partial charge in [0.2, 0.25) is 0 Å². The molecule has 1 N–H and O–H groups in total. The third kappa shape index (κ3) is 4.99. The van der Waals surface area contributed by atoms with Crippen LogP contribution in [-0.2, 0) is 6.42 Å². The fraction of sp³-hybridized carbons (Fsp3) is 0.115. The first-order valence-electron chi connectivity index (χ1n) is 9.37. The molecule has 3 rings (SSSR count). The lowest BCUT2D eigenvalue weighted by Gasteiger charge is -2.07. The summed E-state index contributed by atoms with van der Waals surface area (Å²) in [4.78, 5) is 10.9. The third-order valence-corrected chi connectivity index (χ3v) is 4.46. The van der Waals surface area contributed by atoms with E-state index in [1.165, 1.54) is 16.7 Å². The van der Waals surface area contributed by atoms with Gasteiger partial charge < -0.3 is 5.11 Å². The van der Waals surface area contributed by atoms with Crippen molar-refractivity contribution in [1.82, 2.24) is 0 Å². The van der Waals surface area contributed by atoms with Gasteiger partial charge in [0.25, 0.3) is 0 Å². The van der Waals surface area contributed by atoms with E-state index in [1.54, 1.807) is 24.3 Å². The number of allylic oxidation sites excluding steroid dienone is 1. The van der Waals surface area contributed by atoms with Gasteiger partial charge >= 0.3 is 5.97 Å². The van der Waals surface area contributed by atoms with Crippen molar-refractivity contribution in [2.24, 2.45) is 0 Å². The van der Waals surface area contributed by atoms with Crippen molar-refractivity contribution in [3.8, 4) is 23.0 Å². The summed E-state index contributed by atoms with van der Waals surface area (Å²) < 4.78 is 0. The van der Waals surface area contributed by atoms with Crippen molar-refractivity contribution in [1.29, 1.82) is 0 Å². The van der Waals surface area contributed by atoms with Crippen molar-refractivity contribution in [2.45, 2.75) is 19.8 Å². The lowest BCUT2D eigenvalue weighted by molar-refractivity contribution is 0.0697. The summed E-state index contributed by atoms with van der Waals surface area (Å²) in [6, 6.07) is 23.6. The Kier molecular flexibility index (Phi) is 6.44. The van der Waals surface area contributed by atoms with Crippen molar-refractivity contribution >= 4 is 12.0 Å². The third-order valence-electron chi connectivity index (χ3n) is 4.46. The van der Waals surface area contributed by atoms with Gasteiger partial charge in [-0.2, -0.15) is 0 Å². The zero-order valence-corrected chi connectivity index (χ0v) is 15.9. The first-order chi connectivity index (χ1) is 13.7. The SMILES string of the molecule is CCCc1ccc(-c2ccccc2C=CC#Cc2ccc(C(=O)O)cc2)cc1. The van der Waals surface area contributed by atoms with Crippen molar-refractivity contribution in [2.75, 3.05) is 0 Å². The monoisotopic (exact) mass is 366 g/mol. The van der Waals surface area contributed by atoms with E-state index in [0.29, 0.717) is 0 Å². The van der Waals surface area contributed by atoms with Crippen molar-refractivity contribution in [3.05, 3.63) is 101 Å². The van der Waals surface area contributed by atoms with Crippen LogP contribution in [0.3, 0.4) is 0 Å². The summed E-state index contributed by atoms with van der Waals surface area (Å²) in [5.74, 6) is 5.13. The summed E-state index contributed by atoms with van der Waals surface area (Å²) in [6.45, 7) is 2.19. The minimum absolute atomic E-state index is 0.264. The molecule has 3 aromatic rings. The molecule has 138 valence electrons. The Hall–Kier alpha value is -3.57. The van der Waals surface area contributed by atoms with Crippen LogP contribution in [0.5, 0.6) is 0 Å². The van der Waals surface area contributed by atoms with E-state index in [-0.39, 0.29) is 5.56 Å². The van der Waals surface area contributed by atoms with Crippen molar-refractivity contribution in [3.63, 3.8) is 0 Å². The number of rotatable bonds is 5. The maximum atomic E-state index is 10.9. The quantitative estimate of drug-likeness (QED) is 0.557. The van der Waals surface area contributed by atoms with Gasteiger partial charge in [-0.1, -0.05) is 73.7 Å². The lowest BCUT2D eigenvalue weighted by Crippen LogP contribution is -1.94. The summed E-state index contributed by atoms with van der Waals surface area (Å²) >= 11 is 0. The number of carboxylic acid groups (broad SMARTS) is 1. The Bertz CT molecular complexity index is 1030. The average molecular weight is 366 g/mol. The summed E-state index contributed by atoms with van der Waals surface area (Å²) in [5, 5.41) is 8.93. The predicted molar refractivity (Wildman–Crippen MR) is 115 cm³/mol. The molecule has 0 radical (unpaired) electrons. The Balaban J connectivity index is 1.77. The van der Waals surface area contributed by atoms with E-state index in [9.17, 15) is 4.79 Å². The molecule has 3 aromatic carbocycles. The fourth-order valence-corrected chi connectivity index (χ4v) is 3.00. The highest BCUT2D eigenvalue weighted by Gasteiger charge is 2.02. The Morgan fingerprint density at radius 3 is 2.36 bits per heavy atom. The molecule has 0 bridgehead atoms. The van der Waals surface area contributed by atoms with Gasteiger partial charge in [0.15, 0.2) is 0 Å². The number of carboxylic acids is 1. The van der Waals surface area contributed by atoms with Crippen LogP contribution in [0.1, 0.15) is 40.4 Å². The van der Waals surface area contributed by atoms with Gasteiger partial charge in [-0.05, 0) is 65.1 Å². The van der Waals surface area contributed by atoms with Gasteiger partial charge in [-0.25, -0.2) is 4.79 Å². The van der Waals surface area contributed by atoms with Crippen LogP contribution in [0.25, 0.3) is 17.2 Å². The summed E-state index contributed by atoms with van der Waals surface area (Å²) in [6.07, 6.45) is 6.09. The maximum absolute atomic E-state index is 10.9. The second-order valence-corrected chi connectivity index (χ2v) is 6.52. The van der Waals surface area contributed by atoms with E-state index in [2.05, 4.69) is 55.2 Å². The summed E-state index contributed by atoms with van der Waals surface area (Å²) in [7, 11) is 0. The largest absolute Gasteiger partial charge is 0.478 e. The molecule has 0 aliphatic heterocycles. The zero-order valence-electron chi connectivity index (χ0n) is 15.9. The van der Waals surface area contributed by atoms with E-state index in [1.807, 2.05) is 24.3 Å². The molecule has 0 unspecified atom stereocenters. The van der Waals surface area contributed by atoms with Gasteiger partial charge in [0.1, 0.15) is 0 Å². The van der Waals surface area contributed by atoms with Crippen LogP contribution < -0.4 is 0 Å². The van der Waals surface area contributed by atoms with Crippen LogP contribution in [-0.4, -0.2) is 11.1 Å².